The summed E-state index contributed by atoms with van der Waals surface area (Å²) in [6.45, 7) is 2.93. The highest BCUT2D eigenvalue weighted by molar-refractivity contribution is 8.00. The molecule has 0 bridgehead atoms. The molecule has 0 unspecified atom stereocenters. The minimum atomic E-state index is -0.838. The summed E-state index contributed by atoms with van der Waals surface area (Å²) in [5.74, 6) is -0.115. The monoisotopic (exact) mass is 321 g/mol. The number of carboxylic acid groups (broad SMARTS) is 1. The van der Waals surface area contributed by atoms with Crippen molar-refractivity contribution in [1.29, 1.82) is 0 Å². The number of carbonyl (C=O) groups is 1. The van der Waals surface area contributed by atoms with Crippen LogP contribution < -0.4 is 0 Å². The highest BCUT2D eigenvalue weighted by Crippen LogP contribution is 2.28. The maximum Gasteiger partial charge on any atom is 0.317 e. The maximum absolute atomic E-state index is 11.2. The van der Waals surface area contributed by atoms with Crippen LogP contribution in [0, 0.1) is 0 Å². The van der Waals surface area contributed by atoms with Crippen LogP contribution in [0.15, 0.2) is 35.5 Å². The fraction of sp³-hybridized carbons (Fsp3) is 0.400. The number of ether oxygens (including phenoxy) is 1. The highest BCUT2D eigenvalue weighted by Gasteiger charge is 2.22. The largest absolute Gasteiger partial charge is 0.480 e. The van der Waals surface area contributed by atoms with Crippen molar-refractivity contribution in [2.45, 2.75) is 30.3 Å². The lowest BCUT2D eigenvalue weighted by Gasteiger charge is -2.12. The first-order valence-electron chi connectivity index (χ1n) is 7.04. The van der Waals surface area contributed by atoms with Crippen molar-refractivity contribution in [3.63, 3.8) is 0 Å². The molecule has 2 aromatic rings. The van der Waals surface area contributed by atoms with Crippen molar-refractivity contribution >= 4 is 17.7 Å². The lowest BCUT2D eigenvalue weighted by atomic mass is 10.2. The van der Waals surface area contributed by atoms with E-state index in [1.54, 1.807) is 7.11 Å². The van der Waals surface area contributed by atoms with Gasteiger partial charge in [0.1, 0.15) is 5.25 Å². The Morgan fingerprint density at radius 2 is 2.09 bits per heavy atom. The first-order chi connectivity index (χ1) is 10.7. The van der Waals surface area contributed by atoms with Crippen molar-refractivity contribution in [2.75, 3.05) is 13.7 Å². The van der Waals surface area contributed by atoms with E-state index in [1.807, 2.05) is 41.8 Å². The van der Waals surface area contributed by atoms with Gasteiger partial charge in [-0.25, -0.2) is 0 Å². The number of carboxylic acids is 1. The fourth-order valence-electron chi connectivity index (χ4n) is 2.00. The van der Waals surface area contributed by atoms with Gasteiger partial charge >= 0.3 is 5.97 Å². The number of hydrogen-bond donors (Lipinski definition) is 1. The van der Waals surface area contributed by atoms with Crippen LogP contribution in [0.5, 0.6) is 0 Å². The second-order valence-corrected chi connectivity index (χ2v) is 5.84. The molecule has 0 saturated carbocycles. The molecule has 7 heteroatoms. The summed E-state index contributed by atoms with van der Waals surface area (Å²) in [7, 11) is 1.63. The Balaban J connectivity index is 2.34. The molecular weight excluding hydrogens is 302 g/mol. The number of nitrogens with zero attached hydrogens (tertiary/aromatic N) is 3. The molecule has 1 atom stereocenters. The van der Waals surface area contributed by atoms with Crippen molar-refractivity contribution in [3.8, 4) is 11.4 Å². The number of rotatable bonds is 8. The van der Waals surface area contributed by atoms with Gasteiger partial charge in [-0.2, -0.15) is 0 Å². The van der Waals surface area contributed by atoms with Gasteiger partial charge in [0, 0.05) is 12.7 Å². The van der Waals surface area contributed by atoms with Crippen molar-refractivity contribution < 1.29 is 14.6 Å². The molecule has 0 fully saturated rings. The zero-order chi connectivity index (χ0) is 15.9. The zero-order valence-corrected chi connectivity index (χ0v) is 13.4. The third kappa shape index (κ3) is 3.86. The molecule has 0 aliphatic heterocycles. The zero-order valence-electron chi connectivity index (χ0n) is 12.6. The van der Waals surface area contributed by atoms with Gasteiger partial charge in [0.25, 0.3) is 0 Å². The van der Waals surface area contributed by atoms with E-state index in [2.05, 4.69) is 10.2 Å². The Morgan fingerprint density at radius 1 is 1.36 bits per heavy atom. The number of thioether (sulfide) groups is 1. The predicted molar refractivity (Wildman–Crippen MR) is 84.9 cm³/mol. The molecule has 22 heavy (non-hydrogen) atoms. The average molecular weight is 321 g/mol. The number of aromatic nitrogens is 3. The van der Waals surface area contributed by atoms with E-state index >= 15 is 0 Å². The molecule has 0 aliphatic rings. The third-order valence-electron chi connectivity index (χ3n) is 3.16. The van der Waals surface area contributed by atoms with Gasteiger partial charge in [-0.3, -0.25) is 9.36 Å². The minimum Gasteiger partial charge on any atom is -0.480 e. The van der Waals surface area contributed by atoms with E-state index in [4.69, 9.17) is 4.74 Å². The number of methoxy groups -OCH3 is 1. The Morgan fingerprint density at radius 3 is 2.68 bits per heavy atom. The van der Waals surface area contributed by atoms with Crippen molar-refractivity contribution in [3.05, 3.63) is 30.3 Å². The third-order valence-corrected chi connectivity index (χ3v) is 4.49. The van der Waals surface area contributed by atoms with Gasteiger partial charge in [0.2, 0.25) is 0 Å². The molecule has 0 radical (unpaired) electrons. The Hall–Kier alpha value is -1.86. The van der Waals surface area contributed by atoms with E-state index in [9.17, 15) is 9.90 Å². The predicted octanol–water partition coefficient (Wildman–Crippen LogP) is 2.55. The Bertz CT molecular complexity index is 616. The van der Waals surface area contributed by atoms with E-state index < -0.39 is 11.2 Å². The fourth-order valence-corrected chi connectivity index (χ4v) is 2.91. The van der Waals surface area contributed by atoms with Crippen LogP contribution in [0.4, 0.5) is 0 Å². The molecule has 6 nitrogen and oxygen atoms in total. The molecule has 1 N–H and O–H groups in total. The maximum atomic E-state index is 11.2. The van der Waals surface area contributed by atoms with Crippen LogP contribution in [0.25, 0.3) is 11.4 Å². The van der Waals surface area contributed by atoms with Gasteiger partial charge in [-0.15, -0.1) is 10.2 Å². The Labute approximate surface area is 133 Å². The average Bonchev–Trinajstić information content (AvgIpc) is 2.93. The second kappa shape index (κ2) is 7.95. The van der Waals surface area contributed by atoms with Gasteiger partial charge in [-0.05, 0) is 6.42 Å². The van der Waals surface area contributed by atoms with Crippen LogP contribution in [0.1, 0.15) is 13.3 Å². The minimum absolute atomic E-state index is 0.509. The molecule has 0 saturated heterocycles. The molecule has 1 aromatic heterocycles. The van der Waals surface area contributed by atoms with E-state index in [1.165, 1.54) is 11.8 Å². The lowest BCUT2D eigenvalue weighted by molar-refractivity contribution is -0.136. The van der Waals surface area contributed by atoms with E-state index in [0.717, 1.165) is 11.4 Å². The molecule has 1 heterocycles. The number of benzene rings is 1. The highest BCUT2D eigenvalue weighted by atomic mass is 32.2. The van der Waals surface area contributed by atoms with Crippen LogP contribution in [-0.2, 0) is 16.1 Å². The standard InChI is InChI=1S/C15H19N3O3S/c1-3-12(14(19)20)22-15-17-16-13(18(15)9-10-21-2)11-7-5-4-6-8-11/h4-8,12H,3,9-10H2,1-2H3,(H,19,20)/t12-/m1/s1. The van der Waals surface area contributed by atoms with Crippen LogP contribution in [-0.4, -0.2) is 44.8 Å². The van der Waals surface area contributed by atoms with E-state index in [-0.39, 0.29) is 0 Å². The normalized spacial score (nSPS) is 12.3. The Kier molecular flexibility index (Phi) is 5.97. The molecule has 0 amide bonds. The summed E-state index contributed by atoms with van der Waals surface area (Å²) in [4.78, 5) is 11.2. The van der Waals surface area contributed by atoms with Crippen LogP contribution in [0.2, 0.25) is 0 Å². The summed E-state index contributed by atoms with van der Waals surface area (Å²) in [6.07, 6.45) is 0.526. The summed E-state index contributed by atoms with van der Waals surface area (Å²) < 4.78 is 7.05. The first kappa shape index (κ1) is 16.5. The topological polar surface area (TPSA) is 77.2 Å². The SMILES string of the molecule is CC[C@@H](Sc1nnc(-c2ccccc2)n1CCOC)C(=O)O. The summed E-state index contributed by atoms with van der Waals surface area (Å²) in [5.41, 5.74) is 0.946. The molecule has 0 spiro atoms. The number of aliphatic carboxylic acids is 1. The van der Waals surface area contributed by atoms with Gasteiger partial charge in [0.15, 0.2) is 11.0 Å². The van der Waals surface area contributed by atoms with Gasteiger partial charge in [0.05, 0.1) is 13.2 Å². The smallest absolute Gasteiger partial charge is 0.317 e. The van der Waals surface area contributed by atoms with Gasteiger partial charge < -0.3 is 9.84 Å². The molecular formula is C15H19N3O3S. The summed E-state index contributed by atoms with van der Waals surface area (Å²) in [5, 5.41) is 17.7. The lowest BCUT2D eigenvalue weighted by Crippen LogP contribution is -2.16. The summed E-state index contributed by atoms with van der Waals surface area (Å²) >= 11 is 1.22. The van der Waals surface area contributed by atoms with Crippen molar-refractivity contribution in [1.82, 2.24) is 14.8 Å². The molecule has 0 aliphatic carbocycles. The van der Waals surface area contributed by atoms with Crippen molar-refractivity contribution in [2.24, 2.45) is 0 Å². The van der Waals surface area contributed by atoms with Crippen LogP contribution in [0.3, 0.4) is 0 Å². The second-order valence-electron chi connectivity index (χ2n) is 4.67. The van der Waals surface area contributed by atoms with Gasteiger partial charge in [-0.1, -0.05) is 49.0 Å². The number of hydrogen-bond acceptors (Lipinski definition) is 5. The van der Waals surface area contributed by atoms with E-state index in [0.29, 0.717) is 24.7 Å². The molecule has 2 rings (SSSR count). The molecule has 1 aromatic carbocycles. The van der Waals surface area contributed by atoms with Crippen LogP contribution >= 0.6 is 11.8 Å². The quantitative estimate of drug-likeness (QED) is 0.753. The first-order valence-corrected chi connectivity index (χ1v) is 7.92. The summed E-state index contributed by atoms with van der Waals surface area (Å²) in [6, 6.07) is 9.71. The molecule has 118 valence electrons.